The van der Waals surface area contributed by atoms with Crippen LogP contribution in [0, 0.1) is 0 Å². The molecule has 0 aromatic carbocycles. The molecule has 1 aliphatic heterocycles. The molecule has 3 heterocycles. The topological polar surface area (TPSA) is 108 Å². The van der Waals surface area contributed by atoms with Crippen molar-refractivity contribution in [3.63, 3.8) is 0 Å². The number of morpholine rings is 1. The van der Waals surface area contributed by atoms with Crippen molar-refractivity contribution in [1.29, 1.82) is 0 Å². The summed E-state index contributed by atoms with van der Waals surface area (Å²) >= 11 is 0. The van der Waals surface area contributed by atoms with Gasteiger partial charge in [0.1, 0.15) is 12.4 Å². The third-order valence-electron chi connectivity index (χ3n) is 4.34. The minimum absolute atomic E-state index is 0.174. The van der Waals surface area contributed by atoms with E-state index in [0.717, 1.165) is 5.69 Å². The van der Waals surface area contributed by atoms with E-state index in [9.17, 15) is 4.79 Å². The number of amides is 2. The van der Waals surface area contributed by atoms with Crippen LogP contribution in [0.25, 0.3) is 0 Å². The fraction of sp³-hybridized carbons (Fsp3) is 0.647. The quantitative estimate of drug-likeness (QED) is 0.812. The third-order valence-corrected chi connectivity index (χ3v) is 4.34. The molecule has 1 atom stereocenters. The largest absolute Gasteiger partial charge is 0.377 e. The van der Waals surface area contributed by atoms with Crippen molar-refractivity contribution in [3.8, 4) is 0 Å². The van der Waals surface area contributed by atoms with Gasteiger partial charge in [0.15, 0.2) is 5.82 Å². The first-order valence-electron chi connectivity index (χ1n) is 8.98. The van der Waals surface area contributed by atoms with Crippen molar-refractivity contribution in [1.82, 2.24) is 24.8 Å². The van der Waals surface area contributed by atoms with Gasteiger partial charge in [0.05, 0.1) is 24.8 Å². The Labute approximate surface area is 157 Å². The van der Waals surface area contributed by atoms with E-state index >= 15 is 0 Å². The summed E-state index contributed by atoms with van der Waals surface area (Å²) in [5, 5.41) is 11.2. The molecule has 27 heavy (non-hydrogen) atoms. The van der Waals surface area contributed by atoms with Crippen molar-refractivity contribution in [3.05, 3.63) is 23.5 Å². The second-order valence-electron chi connectivity index (χ2n) is 6.84. The molecule has 0 unspecified atom stereocenters. The molecule has 1 saturated heterocycles. The summed E-state index contributed by atoms with van der Waals surface area (Å²) in [6.45, 7) is 5.86. The van der Waals surface area contributed by atoms with Gasteiger partial charge >= 0.3 is 6.03 Å². The van der Waals surface area contributed by atoms with Crippen LogP contribution in [-0.2, 0) is 29.5 Å². The first kappa shape index (κ1) is 19.3. The van der Waals surface area contributed by atoms with Gasteiger partial charge in [-0.3, -0.25) is 10.00 Å². The molecule has 0 spiro atoms. The lowest BCUT2D eigenvalue weighted by molar-refractivity contribution is -0.0148. The second kappa shape index (κ2) is 8.49. The number of methoxy groups -OCH3 is 1. The van der Waals surface area contributed by atoms with Gasteiger partial charge in [-0.2, -0.15) is 10.1 Å². The molecule has 0 saturated carbocycles. The van der Waals surface area contributed by atoms with E-state index < -0.39 is 0 Å². The van der Waals surface area contributed by atoms with Crippen LogP contribution in [0.4, 0.5) is 10.6 Å². The van der Waals surface area contributed by atoms with Crippen LogP contribution in [0.5, 0.6) is 0 Å². The standard InChI is InChI=1S/C17H26N6O4/c1-11(2)13-8-15(22(3)20-13)19-17(24)23-5-6-26-12(9-23)7-16-18-14(10-25-4)21-27-16/h8,11-12H,5-7,9-10H2,1-4H3,(H,19,24)/t12-/m0/s1. The molecule has 2 aromatic rings. The fourth-order valence-corrected chi connectivity index (χ4v) is 2.86. The Kier molecular flexibility index (Phi) is 6.07. The number of carbonyl (C=O) groups excluding carboxylic acids is 1. The minimum Gasteiger partial charge on any atom is -0.377 e. The van der Waals surface area contributed by atoms with Gasteiger partial charge in [-0.25, -0.2) is 4.79 Å². The van der Waals surface area contributed by atoms with Gasteiger partial charge in [-0.1, -0.05) is 19.0 Å². The summed E-state index contributed by atoms with van der Waals surface area (Å²) in [5.74, 6) is 1.94. The SMILES string of the molecule is COCc1noc(C[C@H]2CN(C(=O)Nc3cc(C(C)C)nn3C)CCO2)n1. The number of urea groups is 1. The van der Waals surface area contributed by atoms with E-state index in [1.54, 1.807) is 16.7 Å². The number of rotatable bonds is 6. The van der Waals surface area contributed by atoms with E-state index in [1.807, 2.05) is 13.1 Å². The molecule has 0 aliphatic carbocycles. The molecule has 148 valence electrons. The molecule has 2 aromatic heterocycles. The highest BCUT2D eigenvalue weighted by Crippen LogP contribution is 2.18. The zero-order chi connectivity index (χ0) is 19.4. The van der Waals surface area contributed by atoms with Crippen LogP contribution in [0.2, 0.25) is 0 Å². The normalized spacial score (nSPS) is 17.5. The van der Waals surface area contributed by atoms with Crippen molar-refractivity contribution in [2.24, 2.45) is 7.05 Å². The first-order chi connectivity index (χ1) is 13.0. The lowest BCUT2D eigenvalue weighted by atomic mass is 10.1. The maximum atomic E-state index is 12.6. The first-order valence-corrected chi connectivity index (χ1v) is 8.98. The molecule has 10 heteroatoms. The predicted octanol–water partition coefficient (Wildman–Crippen LogP) is 1.55. The Bertz CT molecular complexity index is 771. The van der Waals surface area contributed by atoms with Crippen LogP contribution < -0.4 is 5.32 Å². The van der Waals surface area contributed by atoms with Crippen LogP contribution in [-0.4, -0.2) is 63.8 Å². The average Bonchev–Trinajstić information content (AvgIpc) is 3.22. The summed E-state index contributed by atoms with van der Waals surface area (Å²) in [6.07, 6.45) is 0.252. The lowest BCUT2D eigenvalue weighted by Crippen LogP contribution is -2.48. The fourth-order valence-electron chi connectivity index (χ4n) is 2.86. The molecular formula is C17H26N6O4. The van der Waals surface area contributed by atoms with E-state index in [0.29, 0.717) is 56.2 Å². The molecule has 1 N–H and O–H groups in total. The smallest absolute Gasteiger partial charge is 0.323 e. The molecular weight excluding hydrogens is 352 g/mol. The highest BCUT2D eigenvalue weighted by molar-refractivity contribution is 5.88. The molecule has 1 fully saturated rings. The maximum Gasteiger partial charge on any atom is 0.323 e. The van der Waals surface area contributed by atoms with Gasteiger partial charge in [0.25, 0.3) is 0 Å². The Hall–Kier alpha value is -2.46. The summed E-state index contributed by atoms with van der Waals surface area (Å²) in [6, 6.07) is 1.73. The number of nitrogens with zero attached hydrogens (tertiary/aromatic N) is 5. The Balaban J connectivity index is 1.57. The Morgan fingerprint density at radius 1 is 1.48 bits per heavy atom. The van der Waals surface area contributed by atoms with Crippen molar-refractivity contribution >= 4 is 11.8 Å². The van der Waals surface area contributed by atoms with Crippen molar-refractivity contribution in [2.45, 2.75) is 38.9 Å². The summed E-state index contributed by atoms with van der Waals surface area (Å²) < 4.78 is 17.6. The molecule has 10 nitrogen and oxygen atoms in total. The Morgan fingerprint density at radius 2 is 2.30 bits per heavy atom. The number of aryl methyl sites for hydroxylation is 1. The van der Waals surface area contributed by atoms with Gasteiger partial charge in [-0.15, -0.1) is 0 Å². The van der Waals surface area contributed by atoms with Crippen LogP contribution in [0.1, 0.15) is 37.2 Å². The zero-order valence-electron chi connectivity index (χ0n) is 16.1. The van der Waals surface area contributed by atoms with Crippen LogP contribution >= 0.6 is 0 Å². The van der Waals surface area contributed by atoms with Crippen LogP contribution in [0.15, 0.2) is 10.6 Å². The molecule has 0 bridgehead atoms. The van der Waals surface area contributed by atoms with E-state index in [2.05, 4.69) is 34.4 Å². The number of aromatic nitrogens is 4. The number of ether oxygens (including phenoxy) is 2. The monoisotopic (exact) mass is 378 g/mol. The number of nitrogens with one attached hydrogen (secondary N) is 1. The van der Waals surface area contributed by atoms with Crippen LogP contribution in [0.3, 0.4) is 0 Å². The van der Waals surface area contributed by atoms with Gasteiger partial charge in [0.2, 0.25) is 5.89 Å². The zero-order valence-corrected chi connectivity index (χ0v) is 16.1. The molecule has 1 aliphatic rings. The highest BCUT2D eigenvalue weighted by Gasteiger charge is 2.27. The molecule has 2 amide bonds. The van der Waals surface area contributed by atoms with Gasteiger partial charge in [0, 0.05) is 33.3 Å². The minimum atomic E-state index is -0.196. The Morgan fingerprint density at radius 3 is 3.00 bits per heavy atom. The second-order valence-corrected chi connectivity index (χ2v) is 6.84. The highest BCUT2D eigenvalue weighted by atomic mass is 16.5. The van der Waals surface area contributed by atoms with E-state index in [-0.39, 0.29) is 12.1 Å². The van der Waals surface area contributed by atoms with Gasteiger partial charge in [-0.05, 0) is 5.92 Å². The maximum absolute atomic E-state index is 12.6. The molecule has 0 radical (unpaired) electrons. The molecule has 3 rings (SSSR count). The van der Waals surface area contributed by atoms with Crippen molar-refractivity contribution in [2.75, 3.05) is 32.1 Å². The number of hydrogen-bond acceptors (Lipinski definition) is 7. The predicted molar refractivity (Wildman–Crippen MR) is 96.3 cm³/mol. The van der Waals surface area contributed by atoms with E-state index in [4.69, 9.17) is 14.0 Å². The number of carbonyl (C=O) groups is 1. The average molecular weight is 378 g/mol. The number of hydrogen-bond donors (Lipinski definition) is 1. The van der Waals surface area contributed by atoms with Gasteiger partial charge < -0.3 is 18.9 Å². The van der Waals surface area contributed by atoms with E-state index in [1.165, 1.54) is 0 Å². The third kappa shape index (κ3) is 4.83. The lowest BCUT2D eigenvalue weighted by Gasteiger charge is -2.32. The summed E-state index contributed by atoms with van der Waals surface area (Å²) in [5.41, 5.74) is 0.941. The number of anilines is 1. The van der Waals surface area contributed by atoms with Crippen molar-refractivity contribution < 1.29 is 18.8 Å². The summed E-state index contributed by atoms with van der Waals surface area (Å²) in [4.78, 5) is 18.6. The summed E-state index contributed by atoms with van der Waals surface area (Å²) in [7, 11) is 3.39.